The van der Waals surface area contributed by atoms with E-state index in [0.717, 1.165) is 12.6 Å². The molecule has 3 rings (SSSR count). The third-order valence-electron chi connectivity index (χ3n) is 3.74. The van der Waals surface area contributed by atoms with E-state index in [4.69, 9.17) is 4.74 Å². The topological polar surface area (TPSA) is 41.6 Å². The van der Waals surface area contributed by atoms with Gasteiger partial charge in [-0.05, 0) is 18.1 Å². The molecule has 0 aromatic heterocycles. The number of carbonyl (C=O) groups is 1. The summed E-state index contributed by atoms with van der Waals surface area (Å²) in [5.41, 5.74) is 1.18. The number of nitrogens with one attached hydrogen (secondary N) is 1. The second-order valence-electron chi connectivity index (χ2n) is 5.12. The van der Waals surface area contributed by atoms with Gasteiger partial charge in [0.05, 0.1) is 13.2 Å². The molecule has 0 radical (unpaired) electrons. The van der Waals surface area contributed by atoms with Gasteiger partial charge in [0, 0.05) is 37.3 Å². The smallest absolute Gasteiger partial charge is 0.228 e. The van der Waals surface area contributed by atoms with Crippen molar-refractivity contribution in [3.8, 4) is 0 Å². The number of hydrogen-bond donors (Lipinski definition) is 1. The highest BCUT2D eigenvalue weighted by molar-refractivity contribution is 5.95. The number of ether oxygens (including phenoxy) is 1. The fraction of sp³-hybridized carbons (Fsp3) is 0.500. The van der Waals surface area contributed by atoms with Crippen molar-refractivity contribution in [2.45, 2.75) is 18.9 Å². The van der Waals surface area contributed by atoms with E-state index in [-0.39, 0.29) is 24.4 Å². The first-order valence-electron chi connectivity index (χ1n) is 6.74. The van der Waals surface area contributed by atoms with E-state index in [0.29, 0.717) is 43.9 Å². The first kappa shape index (κ1) is 16.1. The van der Waals surface area contributed by atoms with Crippen LogP contribution < -0.4 is 10.2 Å². The van der Waals surface area contributed by atoms with E-state index < -0.39 is 11.6 Å². The molecule has 0 aliphatic carbocycles. The lowest BCUT2D eigenvalue weighted by molar-refractivity contribution is -0.119. The number of anilines is 1. The van der Waals surface area contributed by atoms with Crippen molar-refractivity contribution in [2.24, 2.45) is 0 Å². The van der Waals surface area contributed by atoms with Crippen molar-refractivity contribution >= 4 is 24.0 Å². The van der Waals surface area contributed by atoms with E-state index in [1.807, 2.05) is 0 Å². The van der Waals surface area contributed by atoms with Crippen LogP contribution in [-0.4, -0.2) is 38.3 Å². The van der Waals surface area contributed by atoms with Crippen LogP contribution in [0.4, 0.5) is 14.5 Å². The van der Waals surface area contributed by atoms with Crippen LogP contribution in [0.5, 0.6) is 0 Å². The summed E-state index contributed by atoms with van der Waals surface area (Å²) in [4.78, 5) is 13.8. The zero-order chi connectivity index (χ0) is 14.1. The number of benzene rings is 1. The molecule has 2 aliphatic rings. The molecule has 1 aromatic rings. The number of halogens is 3. The zero-order valence-corrected chi connectivity index (χ0v) is 12.2. The molecule has 116 valence electrons. The highest BCUT2D eigenvalue weighted by atomic mass is 35.5. The van der Waals surface area contributed by atoms with E-state index in [2.05, 4.69) is 5.32 Å². The minimum Gasteiger partial charge on any atom is -0.378 e. The quantitative estimate of drug-likeness (QED) is 0.901. The normalized spacial score (nSPS) is 20.9. The molecule has 1 fully saturated rings. The lowest BCUT2D eigenvalue weighted by Crippen LogP contribution is -2.45. The molecular formula is C14H17ClF2N2O2. The molecule has 1 aromatic carbocycles. The molecule has 0 spiro atoms. The number of morpholine rings is 1. The van der Waals surface area contributed by atoms with E-state index in [1.165, 1.54) is 11.0 Å². The van der Waals surface area contributed by atoms with Gasteiger partial charge in [0.15, 0.2) is 11.6 Å². The predicted octanol–water partition coefficient (Wildman–Crippen LogP) is 1.65. The standard InChI is InChI=1S/C14H16F2N2O2.ClH/c15-11-5-9-1-3-18(13(9)7-12(11)16)14(19)6-10-8-20-4-2-17-10;/h5,7,10,17H,1-4,6,8H2;1H. The Kier molecular flexibility index (Phi) is 5.13. The lowest BCUT2D eigenvalue weighted by atomic mass is 10.1. The summed E-state index contributed by atoms with van der Waals surface area (Å²) in [5.74, 6) is -1.86. The largest absolute Gasteiger partial charge is 0.378 e. The van der Waals surface area contributed by atoms with Gasteiger partial charge in [0.25, 0.3) is 0 Å². The number of hydrogen-bond acceptors (Lipinski definition) is 3. The van der Waals surface area contributed by atoms with Gasteiger partial charge >= 0.3 is 0 Å². The van der Waals surface area contributed by atoms with Gasteiger partial charge in [0.2, 0.25) is 5.91 Å². The molecule has 0 bridgehead atoms. The molecule has 1 atom stereocenters. The van der Waals surface area contributed by atoms with Crippen LogP contribution in [-0.2, 0) is 16.0 Å². The van der Waals surface area contributed by atoms with Crippen LogP contribution in [0.3, 0.4) is 0 Å². The molecule has 7 heteroatoms. The highest BCUT2D eigenvalue weighted by Gasteiger charge is 2.28. The monoisotopic (exact) mass is 318 g/mol. The predicted molar refractivity (Wildman–Crippen MR) is 76.9 cm³/mol. The van der Waals surface area contributed by atoms with Gasteiger partial charge < -0.3 is 15.0 Å². The van der Waals surface area contributed by atoms with E-state index in [9.17, 15) is 13.6 Å². The van der Waals surface area contributed by atoms with Gasteiger partial charge in [-0.25, -0.2) is 8.78 Å². The van der Waals surface area contributed by atoms with Crippen LogP contribution in [0.2, 0.25) is 0 Å². The third-order valence-corrected chi connectivity index (χ3v) is 3.74. The minimum absolute atomic E-state index is 0. The maximum absolute atomic E-state index is 13.3. The Balaban J connectivity index is 0.00000161. The van der Waals surface area contributed by atoms with Crippen molar-refractivity contribution in [3.05, 3.63) is 29.3 Å². The Labute approximate surface area is 127 Å². The Hall–Kier alpha value is -1.24. The van der Waals surface area contributed by atoms with Gasteiger partial charge in [-0.1, -0.05) is 0 Å². The molecule has 1 N–H and O–H groups in total. The average Bonchev–Trinajstić information content (AvgIpc) is 2.83. The number of rotatable bonds is 2. The molecule has 0 saturated carbocycles. The highest BCUT2D eigenvalue weighted by Crippen LogP contribution is 2.30. The second kappa shape index (κ2) is 6.68. The number of carbonyl (C=O) groups excluding carboxylic acids is 1. The maximum Gasteiger partial charge on any atom is 0.228 e. The Bertz CT molecular complexity index is 536. The SMILES string of the molecule is Cl.O=C(CC1COCCN1)N1CCc2cc(F)c(F)cc21. The number of fused-ring (bicyclic) bond motifs is 1. The van der Waals surface area contributed by atoms with E-state index >= 15 is 0 Å². The fourth-order valence-corrected chi connectivity index (χ4v) is 2.71. The van der Waals surface area contributed by atoms with Gasteiger partial charge in [0.1, 0.15) is 0 Å². The molecule has 1 amide bonds. The Morgan fingerprint density at radius 2 is 2.14 bits per heavy atom. The second-order valence-corrected chi connectivity index (χ2v) is 5.12. The van der Waals surface area contributed by atoms with Crippen molar-refractivity contribution in [2.75, 3.05) is 31.2 Å². The van der Waals surface area contributed by atoms with Crippen LogP contribution in [0, 0.1) is 11.6 Å². The van der Waals surface area contributed by atoms with Crippen molar-refractivity contribution in [1.29, 1.82) is 0 Å². The maximum atomic E-state index is 13.3. The van der Waals surface area contributed by atoms with E-state index in [1.54, 1.807) is 0 Å². The van der Waals surface area contributed by atoms with Gasteiger partial charge in [-0.2, -0.15) is 0 Å². The summed E-state index contributed by atoms with van der Waals surface area (Å²) < 4.78 is 31.8. The number of amides is 1. The molecule has 1 saturated heterocycles. The fourth-order valence-electron chi connectivity index (χ4n) is 2.71. The molecule has 2 aliphatic heterocycles. The molecule has 21 heavy (non-hydrogen) atoms. The Morgan fingerprint density at radius 1 is 1.38 bits per heavy atom. The van der Waals surface area contributed by atoms with Crippen LogP contribution in [0.1, 0.15) is 12.0 Å². The van der Waals surface area contributed by atoms with Crippen LogP contribution >= 0.6 is 12.4 Å². The lowest BCUT2D eigenvalue weighted by Gasteiger charge is -2.25. The summed E-state index contributed by atoms with van der Waals surface area (Å²) >= 11 is 0. The summed E-state index contributed by atoms with van der Waals surface area (Å²) in [6, 6.07) is 2.28. The Morgan fingerprint density at radius 3 is 2.86 bits per heavy atom. The zero-order valence-electron chi connectivity index (χ0n) is 11.4. The summed E-state index contributed by atoms with van der Waals surface area (Å²) in [6.07, 6.45) is 0.866. The summed E-state index contributed by atoms with van der Waals surface area (Å²) in [7, 11) is 0. The minimum atomic E-state index is -0.914. The molecular weight excluding hydrogens is 302 g/mol. The van der Waals surface area contributed by atoms with Gasteiger partial charge in [-0.3, -0.25) is 4.79 Å². The van der Waals surface area contributed by atoms with Crippen LogP contribution in [0.25, 0.3) is 0 Å². The van der Waals surface area contributed by atoms with Crippen molar-refractivity contribution in [1.82, 2.24) is 5.32 Å². The summed E-state index contributed by atoms with van der Waals surface area (Å²) in [6.45, 7) is 2.37. The van der Waals surface area contributed by atoms with Crippen LogP contribution in [0.15, 0.2) is 12.1 Å². The third kappa shape index (κ3) is 3.33. The van der Waals surface area contributed by atoms with Crippen molar-refractivity contribution in [3.63, 3.8) is 0 Å². The van der Waals surface area contributed by atoms with Crippen molar-refractivity contribution < 1.29 is 18.3 Å². The first-order valence-corrected chi connectivity index (χ1v) is 6.74. The number of nitrogens with zero attached hydrogens (tertiary/aromatic N) is 1. The first-order chi connectivity index (χ1) is 9.65. The van der Waals surface area contributed by atoms with Gasteiger partial charge in [-0.15, -0.1) is 12.4 Å². The summed E-state index contributed by atoms with van der Waals surface area (Å²) in [5, 5.41) is 3.21. The molecule has 2 heterocycles. The average molecular weight is 319 g/mol. The molecule has 4 nitrogen and oxygen atoms in total. The molecule has 1 unspecified atom stereocenters.